The highest BCUT2D eigenvalue weighted by Gasteiger charge is 2.25. The van der Waals surface area contributed by atoms with Crippen molar-refractivity contribution in [1.29, 1.82) is 0 Å². The number of likely N-dealkylation sites (tertiary alicyclic amines) is 1. The molecule has 0 spiro atoms. The zero-order valence-electron chi connectivity index (χ0n) is 15.2. The number of aromatic nitrogens is 2. The average molecular weight is 398 g/mol. The van der Waals surface area contributed by atoms with Crippen molar-refractivity contribution in [2.75, 3.05) is 20.2 Å². The second-order valence-electron chi connectivity index (χ2n) is 6.21. The van der Waals surface area contributed by atoms with Gasteiger partial charge in [0.1, 0.15) is 5.75 Å². The van der Waals surface area contributed by atoms with Gasteiger partial charge in [0.2, 0.25) is 0 Å². The zero-order chi connectivity index (χ0) is 19.5. The molecule has 2 aromatic heterocycles. The van der Waals surface area contributed by atoms with E-state index in [0.717, 1.165) is 30.1 Å². The summed E-state index contributed by atoms with van der Waals surface area (Å²) in [4.78, 5) is 31.1. The maximum absolute atomic E-state index is 12.9. The highest BCUT2D eigenvalue weighted by atomic mass is 32.1. The van der Waals surface area contributed by atoms with E-state index >= 15 is 0 Å². The van der Waals surface area contributed by atoms with E-state index in [9.17, 15) is 9.59 Å². The SMILES string of the molecule is COc1ccc(-n2nc(C(=O)N3CCCC3)c(=NC(=O)c3ccco3)s2)cc1. The number of amides is 2. The molecule has 3 aromatic rings. The summed E-state index contributed by atoms with van der Waals surface area (Å²) in [5, 5.41) is 4.44. The topological polar surface area (TPSA) is 89.9 Å². The van der Waals surface area contributed by atoms with Crippen LogP contribution in [-0.4, -0.2) is 46.1 Å². The highest BCUT2D eigenvalue weighted by molar-refractivity contribution is 7.04. The fourth-order valence-corrected chi connectivity index (χ4v) is 3.78. The van der Waals surface area contributed by atoms with Gasteiger partial charge in [-0.05, 0) is 60.8 Å². The van der Waals surface area contributed by atoms with Crippen molar-refractivity contribution < 1.29 is 18.7 Å². The van der Waals surface area contributed by atoms with Crippen LogP contribution in [-0.2, 0) is 0 Å². The molecule has 0 unspecified atom stereocenters. The second kappa shape index (κ2) is 7.81. The monoisotopic (exact) mass is 398 g/mol. The highest BCUT2D eigenvalue weighted by Crippen LogP contribution is 2.17. The van der Waals surface area contributed by atoms with E-state index in [1.807, 2.05) is 12.1 Å². The molecular weight excluding hydrogens is 380 g/mol. The molecule has 0 aliphatic carbocycles. The van der Waals surface area contributed by atoms with Crippen LogP contribution in [0, 0.1) is 0 Å². The maximum Gasteiger partial charge on any atom is 0.314 e. The molecule has 1 aliphatic rings. The number of hydrogen-bond acceptors (Lipinski definition) is 6. The lowest BCUT2D eigenvalue weighted by Gasteiger charge is -2.12. The van der Waals surface area contributed by atoms with Crippen LogP contribution in [0.3, 0.4) is 0 Å². The molecule has 0 saturated carbocycles. The van der Waals surface area contributed by atoms with E-state index in [1.54, 1.807) is 34.3 Å². The number of ether oxygens (including phenoxy) is 1. The molecule has 1 saturated heterocycles. The van der Waals surface area contributed by atoms with Crippen molar-refractivity contribution in [3.8, 4) is 11.4 Å². The smallest absolute Gasteiger partial charge is 0.314 e. The summed E-state index contributed by atoms with van der Waals surface area (Å²) in [5.41, 5.74) is 0.913. The summed E-state index contributed by atoms with van der Waals surface area (Å²) < 4.78 is 12.1. The molecule has 8 nitrogen and oxygen atoms in total. The van der Waals surface area contributed by atoms with E-state index < -0.39 is 5.91 Å². The molecule has 144 valence electrons. The number of rotatable bonds is 4. The Labute approximate surface area is 164 Å². The van der Waals surface area contributed by atoms with E-state index in [4.69, 9.17) is 9.15 Å². The predicted octanol–water partition coefficient (Wildman–Crippen LogP) is 2.51. The largest absolute Gasteiger partial charge is 0.497 e. The Balaban J connectivity index is 1.76. The van der Waals surface area contributed by atoms with Crippen molar-refractivity contribution in [1.82, 2.24) is 14.1 Å². The first-order valence-corrected chi connectivity index (χ1v) is 9.60. The Bertz CT molecular complexity index is 1040. The molecule has 0 radical (unpaired) electrons. The standard InChI is InChI=1S/C19H18N4O4S/c1-26-14-8-6-13(7-9-14)23-21-16(19(25)22-10-2-3-11-22)18(28-23)20-17(24)15-5-4-12-27-15/h4-9,12H,2-3,10-11H2,1H3. The Kier molecular flexibility index (Phi) is 5.07. The van der Waals surface area contributed by atoms with Crippen molar-refractivity contribution in [2.45, 2.75) is 12.8 Å². The fourth-order valence-electron chi connectivity index (χ4n) is 2.92. The number of carbonyl (C=O) groups is 2. The minimum Gasteiger partial charge on any atom is -0.497 e. The molecule has 1 aliphatic heterocycles. The minimum atomic E-state index is -0.550. The third kappa shape index (κ3) is 3.61. The third-order valence-electron chi connectivity index (χ3n) is 4.39. The summed E-state index contributed by atoms with van der Waals surface area (Å²) in [6.45, 7) is 1.37. The molecule has 0 atom stereocenters. The molecule has 1 fully saturated rings. The van der Waals surface area contributed by atoms with Crippen molar-refractivity contribution in [3.63, 3.8) is 0 Å². The van der Waals surface area contributed by atoms with Gasteiger partial charge in [-0.25, -0.2) is 0 Å². The molecule has 0 N–H and O–H groups in total. The number of furan rings is 1. The van der Waals surface area contributed by atoms with Crippen molar-refractivity contribution in [2.24, 2.45) is 4.99 Å². The quantitative estimate of drug-likeness (QED) is 0.674. The molecular formula is C19H18N4O4S. The molecule has 1 aromatic carbocycles. The predicted molar refractivity (Wildman–Crippen MR) is 102 cm³/mol. The molecule has 2 amide bonds. The number of carbonyl (C=O) groups excluding carboxylic acids is 2. The summed E-state index contributed by atoms with van der Waals surface area (Å²) in [6, 6.07) is 10.4. The van der Waals surface area contributed by atoms with Crippen LogP contribution in [0.4, 0.5) is 0 Å². The first-order chi connectivity index (χ1) is 13.7. The fraction of sp³-hybridized carbons (Fsp3) is 0.263. The van der Waals surface area contributed by atoms with E-state index in [-0.39, 0.29) is 22.0 Å². The van der Waals surface area contributed by atoms with Gasteiger partial charge >= 0.3 is 5.91 Å². The van der Waals surface area contributed by atoms with Crippen LogP contribution in [0.15, 0.2) is 52.1 Å². The maximum atomic E-state index is 12.9. The third-order valence-corrected chi connectivity index (χ3v) is 5.31. The first kappa shape index (κ1) is 18.2. The molecule has 28 heavy (non-hydrogen) atoms. The normalized spacial score (nSPS) is 14.5. The molecule has 9 heteroatoms. The Morgan fingerprint density at radius 2 is 1.93 bits per heavy atom. The lowest BCUT2D eigenvalue weighted by atomic mass is 10.3. The van der Waals surface area contributed by atoms with E-state index in [0.29, 0.717) is 18.8 Å². The van der Waals surface area contributed by atoms with Crippen LogP contribution in [0.1, 0.15) is 33.9 Å². The summed E-state index contributed by atoms with van der Waals surface area (Å²) >= 11 is 1.13. The zero-order valence-corrected chi connectivity index (χ0v) is 16.0. The van der Waals surface area contributed by atoms with Crippen molar-refractivity contribution in [3.05, 3.63) is 58.8 Å². The summed E-state index contributed by atoms with van der Waals surface area (Å²) in [5.74, 6) is 0.0640. The van der Waals surface area contributed by atoms with Gasteiger partial charge in [-0.3, -0.25) is 9.59 Å². The van der Waals surface area contributed by atoms with Crippen LogP contribution in [0.2, 0.25) is 0 Å². The van der Waals surface area contributed by atoms with Crippen LogP contribution < -0.4 is 9.41 Å². The number of hydrogen-bond donors (Lipinski definition) is 0. The second-order valence-corrected chi connectivity index (χ2v) is 7.12. The first-order valence-electron chi connectivity index (χ1n) is 8.82. The van der Waals surface area contributed by atoms with Gasteiger partial charge in [0.25, 0.3) is 5.91 Å². The molecule has 0 bridgehead atoms. The Morgan fingerprint density at radius 1 is 1.18 bits per heavy atom. The number of benzene rings is 1. The minimum absolute atomic E-state index is 0.115. The molecule has 3 heterocycles. The van der Waals surface area contributed by atoms with E-state index in [2.05, 4.69) is 10.1 Å². The van der Waals surface area contributed by atoms with Gasteiger partial charge in [0.15, 0.2) is 16.1 Å². The van der Waals surface area contributed by atoms with Gasteiger partial charge in [0.05, 0.1) is 19.1 Å². The van der Waals surface area contributed by atoms with Crippen molar-refractivity contribution >= 4 is 23.3 Å². The average Bonchev–Trinajstić information content (AvgIpc) is 3.49. The van der Waals surface area contributed by atoms with E-state index in [1.165, 1.54) is 12.3 Å². The lowest BCUT2D eigenvalue weighted by molar-refractivity contribution is 0.0785. The lowest BCUT2D eigenvalue weighted by Crippen LogP contribution is -2.31. The van der Waals surface area contributed by atoms with Gasteiger partial charge in [-0.15, -0.1) is 5.10 Å². The molecule has 4 rings (SSSR count). The van der Waals surface area contributed by atoms with Gasteiger partial charge in [0, 0.05) is 13.1 Å². The van der Waals surface area contributed by atoms with Gasteiger partial charge in [-0.2, -0.15) is 9.06 Å². The summed E-state index contributed by atoms with van der Waals surface area (Å²) in [7, 11) is 1.59. The Morgan fingerprint density at radius 3 is 2.57 bits per heavy atom. The Hall–Kier alpha value is -3.20. The summed E-state index contributed by atoms with van der Waals surface area (Å²) in [6.07, 6.45) is 3.33. The number of methoxy groups -OCH3 is 1. The van der Waals surface area contributed by atoms with Gasteiger partial charge < -0.3 is 14.1 Å². The van der Waals surface area contributed by atoms with Gasteiger partial charge in [-0.1, -0.05) is 0 Å². The van der Waals surface area contributed by atoms with Crippen LogP contribution in [0.5, 0.6) is 5.75 Å². The van der Waals surface area contributed by atoms with Crippen LogP contribution >= 0.6 is 11.5 Å². The number of nitrogens with zero attached hydrogens (tertiary/aromatic N) is 4. The van der Waals surface area contributed by atoms with Crippen LogP contribution in [0.25, 0.3) is 5.69 Å².